The number of aromatic hydroxyl groups is 1. The number of nitrogens with two attached hydrogens (primary N) is 1. The zero-order valence-corrected chi connectivity index (χ0v) is 10.9. The van der Waals surface area contributed by atoms with E-state index in [0.29, 0.717) is 6.07 Å². The third-order valence-corrected chi connectivity index (χ3v) is 3.00. The van der Waals surface area contributed by atoms with Crippen LogP contribution < -0.4 is 5.73 Å². The summed E-state index contributed by atoms with van der Waals surface area (Å²) in [5, 5.41) is 20.0. The Morgan fingerprint density at radius 3 is 2.20 bits per heavy atom. The Bertz CT molecular complexity index is 549. The van der Waals surface area contributed by atoms with Crippen LogP contribution in [0.25, 0.3) is 0 Å². The number of rotatable bonds is 3. The van der Waals surface area contributed by atoms with Crippen LogP contribution in [0.4, 0.5) is 27.6 Å². The molecule has 0 aliphatic rings. The van der Waals surface area contributed by atoms with Crippen LogP contribution in [0.1, 0.15) is 11.6 Å². The van der Waals surface area contributed by atoms with Gasteiger partial charge in [0.2, 0.25) is 0 Å². The largest absolute Gasteiger partial charge is 0.506 e. The molecule has 0 aliphatic carbocycles. The maximum absolute atomic E-state index is 13.1. The molecule has 0 aliphatic heterocycles. The Kier molecular flexibility index (Phi) is 4.25. The van der Waals surface area contributed by atoms with Crippen LogP contribution in [-0.4, -0.2) is 22.1 Å². The van der Waals surface area contributed by atoms with Gasteiger partial charge >= 0.3 is 12.1 Å². The van der Waals surface area contributed by atoms with Gasteiger partial charge in [-0.25, -0.2) is 0 Å². The highest BCUT2D eigenvalue weighted by Gasteiger charge is 2.62. The molecular formula is C9H6BrF5N2O3. The average Bonchev–Trinajstić information content (AvgIpc) is 2.29. The van der Waals surface area contributed by atoms with Gasteiger partial charge in [0.05, 0.1) is 9.40 Å². The third kappa shape index (κ3) is 2.82. The van der Waals surface area contributed by atoms with Gasteiger partial charge in [-0.15, -0.1) is 0 Å². The summed E-state index contributed by atoms with van der Waals surface area (Å²) < 4.78 is 62.4. The number of alkyl halides is 5. The lowest BCUT2D eigenvalue weighted by atomic mass is 9.99. The van der Waals surface area contributed by atoms with E-state index in [4.69, 9.17) is 5.73 Å². The average molecular weight is 365 g/mol. The van der Waals surface area contributed by atoms with Gasteiger partial charge in [-0.05, 0) is 15.9 Å². The number of nitrogens with zero attached hydrogens (tertiary/aromatic N) is 1. The Morgan fingerprint density at radius 1 is 1.30 bits per heavy atom. The number of benzene rings is 1. The number of non-ortho nitro benzene ring substituents is 1. The molecule has 1 aromatic carbocycles. The van der Waals surface area contributed by atoms with Crippen LogP contribution in [-0.2, 0) is 0 Å². The summed E-state index contributed by atoms with van der Waals surface area (Å²) in [6.07, 6.45) is -5.96. The molecule has 0 aromatic heterocycles. The minimum absolute atomic E-state index is 0.365. The third-order valence-electron chi connectivity index (χ3n) is 2.39. The van der Waals surface area contributed by atoms with Gasteiger partial charge in [0.15, 0.2) is 0 Å². The van der Waals surface area contributed by atoms with Crippen molar-refractivity contribution in [2.75, 3.05) is 0 Å². The van der Waals surface area contributed by atoms with E-state index >= 15 is 0 Å². The van der Waals surface area contributed by atoms with E-state index in [-0.39, 0.29) is 0 Å². The standard InChI is InChI=1S/C9H6BrF5N2O3/c10-5-2-3(17(19)20)1-4(6(5)18)7(16)8(11,12)9(13,14)15/h1-2,7,18H,16H2/t7-/m1/s1. The van der Waals surface area contributed by atoms with Gasteiger partial charge in [-0.3, -0.25) is 10.1 Å². The molecule has 0 bridgehead atoms. The van der Waals surface area contributed by atoms with Crippen LogP contribution >= 0.6 is 15.9 Å². The molecule has 0 amide bonds. The number of hydrogen-bond donors (Lipinski definition) is 2. The summed E-state index contributed by atoms with van der Waals surface area (Å²) in [7, 11) is 0. The van der Waals surface area contributed by atoms with Crippen LogP contribution in [0, 0.1) is 10.1 Å². The van der Waals surface area contributed by atoms with Crippen molar-refractivity contribution in [1.29, 1.82) is 0 Å². The molecule has 0 saturated heterocycles. The molecule has 0 heterocycles. The quantitative estimate of drug-likeness (QED) is 0.489. The molecule has 0 radical (unpaired) electrons. The predicted molar refractivity (Wildman–Crippen MR) is 60.4 cm³/mol. The number of phenols is 1. The molecule has 3 N–H and O–H groups in total. The summed E-state index contributed by atoms with van der Waals surface area (Å²) in [5.41, 5.74) is 2.94. The van der Waals surface area contributed by atoms with Crippen molar-refractivity contribution in [3.63, 3.8) is 0 Å². The topological polar surface area (TPSA) is 89.4 Å². The van der Waals surface area contributed by atoms with Crippen molar-refractivity contribution in [2.24, 2.45) is 5.73 Å². The van der Waals surface area contributed by atoms with Crippen LogP contribution in [0.5, 0.6) is 5.75 Å². The lowest BCUT2D eigenvalue weighted by Gasteiger charge is -2.26. The van der Waals surface area contributed by atoms with E-state index in [2.05, 4.69) is 15.9 Å². The van der Waals surface area contributed by atoms with Gasteiger partial charge < -0.3 is 10.8 Å². The molecule has 1 atom stereocenters. The number of nitro benzene ring substituents is 1. The van der Waals surface area contributed by atoms with Crippen LogP contribution in [0.3, 0.4) is 0 Å². The summed E-state index contributed by atoms with van der Waals surface area (Å²) in [4.78, 5) is 9.52. The van der Waals surface area contributed by atoms with Gasteiger partial charge in [-0.2, -0.15) is 22.0 Å². The van der Waals surface area contributed by atoms with Crippen molar-refractivity contribution < 1.29 is 32.0 Å². The molecule has 0 saturated carbocycles. The fourth-order valence-corrected chi connectivity index (χ4v) is 1.78. The number of hydrogen-bond acceptors (Lipinski definition) is 4. The SMILES string of the molecule is N[C@H](c1cc([N+](=O)[O-])cc(Br)c1O)C(F)(F)C(F)(F)F. The first kappa shape index (κ1) is 16.6. The molecular weight excluding hydrogens is 359 g/mol. The molecule has 20 heavy (non-hydrogen) atoms. The lowest BCUT2D eigenvalue weighted by Crippen LogP contribution is -2.45. The number of nitro groups is 1. The van der Waals surface area contributed by atoms with Gasteiger partial charge in [0.1, 0.15) is 11.8 Å². The van der Waals surface area contributed by atoms with Gasteiger partial charge in [-0.1, -0.05) is 0 Å². The molecule has 1 rings (SSSR count). The second-order valence-corrected chi connectivity index (χ2v) is 4.58. The monoisotopic (exact) mass is 364 g/mol. The molecule has 11 heteroatoms. The summed E-state index contributed by atoms with van der Waals surface area (Å²) >= 11 is 2.61. The van der Waals surface area contributed by atoms with Crippen molar-refractivity contribution in [3.05, 3.63) is 32.3 Å². The Hall–Kier alpha value is -1.49. The smallest absolute Gasteiger partial charge is 0.455 e. The van der Waals surface area contributed by atoms with Crippen molar-refractivity contribution >= 4 is 21.6 Å². The Morgan fingerprint density at radius 2 is 1.80 bits per heavy atom. The maximum atomic E-state index is 13.1. The molecule has 0 spiro atoms. The summed E-state index contributed by atoms with van der Waals surface area (Å²) in [6, 6.07) is -1.87. The second kappa shape index (κ2) is 5.13. The second-order valence-electron chi connectivity index (χ2n) is 3.72. The van der Waals surface area contributed by atoms with Crippen LogP contribution in [0.2, 0.25) is 0 Å². The molecule has 5 nitrogen and oxygen atoms in total. The maximum Gasteiger partial charge on any atom is 0.455 e. The highest BCUT2D eigenvalue weighted by Crippen LogP contribution is 2.47. The lowest BCUT2D eigenvalue weighted by molar-refractivity contribution is -0.385. The van der Waals surface area contributed by atoms with Gasteiger partial charge in [0, 0.05) is 17.7 Å². The zero-order chi connectivity index (χ0) is 15.9. The van der Waals surface area contributed by atoms with E-state index < -0.39 is 44.5 Å². The highest BCUT2D eigenvalue weighted by atomic mass is 79.9. The normalized spacial score (nSPS) is 14.2. The molecule has 112 valence electrons. The summed E-state index contributed by atoms with van der Waals surface area (Å²) in [6.45, 7) is 0. The van der Waals surface area contributed by atoms with E-state index in [0.717, 1.165) is 6.07 Å². The van der Waals surface area contributed by atoms with Crippen molar-refractivity contribution in [2.45, 2.75) is 18.1 Å². The minimum Gasteiger partial charge on any atom is -0.506 e. The van der Waals surface area contributed by atoms with E-state index in [1.54, 1.807) is 0 Å². The summed E-state index contributed by atoms with van der Waals surface area (Å²) in [5.74, 6) is -6.38. The first-order valence-electron chi connectivity index (χ1n) is 4.76. The number of halogens is 6. The van der Waals surface area contributed by atoms with Crippen molar-refractivity contribution in [1.82, 2.24) is 0 Å². The zero-order valence-electron chi connectivity index (χ0n) is 9.29. The van der Waals surface area contributed by atoms with E-state index in [9.17, 15) is 37.2 Å². The van der Waals surface area contributed by atoms with E-state index in [1.165, 1.54) is 0 Å². The first-order valence-corrected chi connectivity index (χ1v) is 5.55. The van der Waals surface area contributed by atoms with Gasteiger partial charge in [0.25, 0.3) is 5.69 Å². The van der Waals surface area contributed by atoms with Crippen LogP contribution in [0.15, 0.2) is 16.6 Å². The minimum atomic E-state index is -5.96. The fraction of sp³-hybridized carbons (Fsp3) is 0.333. The number of phenolic OH excluding ortho intramolecular Hbond substituents is 1. The highest BCUT2D eigenvalue weighted by molar-refractivity contribution is 9.10. The molecule has 0 fully saturated rings. The molecule has 0 unspecified atom stereocenters. The fourth-order valence-electron chi connectivity index (χ4n) is 1.32. The Balaban J connectivity index is 3.43. The van der Waals surface area contributed by atoms with E-state index in [1.807, 2.05) is 0 Å². The first-order chi connectivity index (χ1) is 8.89. The van der Waals surface area contributed by atoms with Crippen molar-refractivity contribution in [3.8, 4) is 5.75 Å². The predicted octanol–water partition coefficient (Wildman–Crippen LogP) is 3.26. The molecule has 1 aromatic rings. The Labute approximate surface area is 116 Å².